The number of carbonyl (C=O) groups excluding carboxylic acids is 2. The predicted octanol–water partition coefficient (Wildman–Crippen LogP) is 4.49. The van der Waals surface area contributed by atoms with E-state index in [1.165, 1.54) is 24.3 Å². The predicted molar refractivity (Wildman–Crippen MR) is 93.8 cm³/mol. The average molecular weight is 364 g/mol. The second-order valence-corrected chi connectivity index (χ2v) is 6.50. The van der Waals surface area contributed by atoms with Crippen LogP contribution >= 0.6 is 0 Å². The average Bonchev–Trinajstić information content (AvgIpc) is 2.56. The fraction of sp³-hybridized carbons (Fsp3) is 0.263. The van der Waals surface area contributed by atoms with Gasteiger partial charge in [-0.15, -0.1) is 0 Å². The number of amides is 2. The van der Waals surface area contributed by atoms with Crippen LogP contribution in [0, 0.1) is 0 Å². The van der Waals surface area contributed by atoms with E-state index < -0.39 is 12.1 Å². The molecule has 26 heavy (non-hydrogen) atoms. The summed E-state index contributed by atoms with van der Waals surface area (Å²) in [5.41, 5.74) is 1.09. The van der Waals surface area contributed by atoms with Crippen LogP contribution in [0.1, 0.15) is 25.8 Å². The smallest absolute Gasteiger partial charge is 0.326 e. The molecule has 0 aromatic heterocycles. The number of alkyl halides is 3. The summed E-state index contributed by atoms with van der Waals surface area (Å²) in [5, 5.41) is 4.45. The van der Waals surface area contributed by atoms with Crippen molar-refractivity contribution in [2.75, 3.05) is 10.6 Å². The molecule has 0 aliphatic heterocycles. The van der Waals surface area contributed by atoms with Gasteiger partial charge < -0.3 is 10.6 Å². The van der Waals surface area contributed by atoms with Crippen molar-refractivity contribution in [3.63, 3.8) is 0 Å². The van der Waals surface area contributed by atoms with Crippen LogP contribution in [0.3, 0.4) is 0 Å². The van der Waals surface area contributed by atoms with Crippen LogP contribution in [-0.2, 0) is 15.0 Å². The van der Waals surface area contributed by atoms with E-state index in [2.05, 4.69) is 5.32 Å². The molecule has 2 N–H and O–H groups in total. The molecule has 2 amide bonds. The van der Waals surface area contributed by atoms with Gasteiger partial charge in [0.15, 0.2) is 0 Å². The van der Waals surface area contributed by atoms with E-state index in [1.807, 2.05) is 44.2 Å². The van der Waals surface area contributed by atoms with E-state index in [0.717, 1.165) is 5.56 Å². The van der Waals surface area contributed by atoms with E-state index in [-0.39, 0.29) is 23.4 Å². The lowest BCUT2D eigenvalue weighted by Gasteiger charge is -2.24. The number of hydrogen-bond donors (Lipinski definition) is 2. The Morgan fingerprint density at radius 2 is 1.35 bits per heavy atom. The third-order valence-corrected chi connectivity index (χ3v) is 3.84. The highest BCUT2D eigenvalue weighted by atomic mass is 19.4. The largest absolute Gasteiger partial charge is 0.471 e. The molecule has 0 aliphatic rings. The molecule has 0 heterocycles. The molecule has 4 nitrogen and oxygen atoms in total. The zero-order valence-corrected chi connectivity index (χ0v) is 14.4. The minimum Gasteiger partial charge on any atom is -0.326 e. The van der Waals surface area contributed by atoms with E-state index in [0.29, 0.717) is 5.69 Å². The van der Waals surface area contributed by atoms with Crippen molar-refractivity contribution in [3.05, 3.63) is 60.2 Å². The summed E-state index contributed by atoms with van der Waals surface area (Å²) in [4.78, 5) is 23.1. The van der Waals surface area contributed by atoms with Gasteiger partial charge >= 0.3 is 12.1 Å². The van der Waals surface area contributed by atoms with Crippen LogP contribution in [-0.4, -0.2) is 18.0 Å². The zero-order valence-electron chi connectivity index (χ0n) is 14.4. The lowest BCUT2D eigenvalue weighted by molar-refractivity contribution is -0.167. The molecule has 2 rings (SSSR count). The standard InChI is InChI=1S/C19H19F3N2O2/c1-18(2,13-6-4-3-5-7-13)12-16(25)23-14-8-10-15(11-9-14)24-17(26)19(20,21)22/h3-11H,12H2,1-2H3,(H,23,25)(H,24,26). The van der Waals surface area contributed by atoms with Gasteiger partial charge in [-0.05, 0) is 35.2 Å². The van der Waals surface area contributed by atoms with Gasteiger partial charge in [0, 0.05) is 17.8 Å². The summed E-state index contributed by atoms with van der Waals surface area (Å²) in [7, 11) is 0. The van der Waals surface area contributed by atoms with Crippen molar-refractivity contribution in [1.82, 2.24) is 0 Å². The molecule has 7 heteroatoms. The maximum atomic E-state index is 12.3. The lowest BCUT2D eigenvalue weighted by atomic mass is 9.81. The van der Waals surface area contributed by atoms with E-state index in [1.54, 1.807) is 5.32 Å². The third-order valence-electron chi connectivity index (χ3n) is 3.84. The Bertz CT molecular complexity index is 770. The molecule has 138 valence electrons. The number of anilines is 2. The molecular formula is C19H19F3N2O2. The first-order chi connectivity index (χ1) is 12.1. The SMILES string of the molecule is CC(C)(CC(=O)Nc1ccc(NC(=O)C(F)(F)F)cc1)c1ccccc1. The van der Waals surface area contributed by atoms with Gasteiger partial charge in [0.05, 0.1) is 0 Å². The molecule has 0 aliphatic carbocycles. The van der Waals surface area contributed by atoms with Crippen LogP contribution < -0.4 is 10.6 Å². The Morgan fingerprint density at radius 3 is 1.85 bits per heavy atom. The maximum Gasteiger partial charge on any atom is 0.471 e. The van der Waals surface area contributed by atoms with Crippen molar-refractivity contribution in [2.24, 2.45) is 0 Å². The van der Waals surface area contributed by atoms with Gasteiger partial charge in [0.2, 0.25) is 5.91 Å². The molecule has 0 unspecified atom stereocenters. The second-order valence-electron chi connectivity index (χ2n) is 6.50. The zero-order chi connectivity index (χ0) is 19.4. The highest BCUT2D eigenvalue weighted by Gasteiger charge is 2.38. The van der Waals surface area contributed by atoms with Gasteiger partial charge in [0.1, 0.15) is 0 Å². The molecule has 0 bridgehead atoms. The number of rotatable bonds is 5. The summed E-state index contributed by atoms with van der Waals surface area (Å²) >= 11 is 0. The van der Waals surface area contributed by atoms with Crippen LogP contribution in [0.5, 0.6) is 0 Å². The Hall–Kier alpha value is -2.83. The summed E-state index contributed by atoms with van der Waals surface area (Å²) < 4.78 is 36.6. The van der Waals surface area contributed by atoms with Gasteiger partial charge in [-0.1, -0.05) is 44.2 Å². The molecular weight excluding hydrogens is 345 g/mol. The molecule has 0 radical (unpaired) electrons. The van der Waals surface area contributed by atoms with E-state index in [4.69, 9.17) is 0 Å². The Kier molecular flexibility index (Phi) is 5.69. The fourth-order valence-electron chi connectivity index (χ4n) is 2.44. The maximum absolute atomic E-state index is 12.3. The van der Waals surface area contributed by atoms with Crippen LogP contribution in [0.15, 0.2) is 54.6 Å². The van der Waals surface area contributed by atoms with Crippen LogP contribution in [0.2, 0.25) is 0 Å². The summed E-state index contributed by atoms with van der Waals surface area (Å²) in [6.45, 7) is 3.91. The summed E-state index contributed by atoms with van der Waals surface area (Å²) in [6.07, 6.45) is -4.71. The molecule has 0 saturated heterocycles. The Morgan fingerprint density at radius 1 is 0.846 bits per heavy atom. The first-order valence-electron chi connectivity index (χ1n) is 7.91. The van der Waals surface area contributed by atoms with Crippen molar-refractivity contribution >= 4 is 23.2 Å². The van der Waals surface area contributed by atoms with Crippen molar-refractivity contribution in [3.8, 4) is 0 Å². The van der Waals surface area contributed by atoms with E-state index >= 15 is 0 Å². The quantitative estimate of drug-likeness (QED) is 0.821. The summed E-state index contributed by atoms with van der Waals surface area (Å²) in [6, 6.07) is 15.1. The van der Waals surface area contributed by atoms with E-state index in [9.17, 15) is 22.8 Å². The second kappa shape index (κ2) is 7.59. The third kappa shape index (κ3) is 5.34. The van der Waals surface area contributed by atoms with Crippen molar-refractivity contribution < 1.29 is 22.8 Å². The number of benzene rings is 2. The molecule has 2 aromatic carbocycles. The first-order valence-corrected chi connectivity index (χ1v) is 7.91. The highest BCUT2D eigenvalue weighted by molar-refractivity contribution is 5.95. The van der Waals surface area contributed by atoms with Crippen LogP contribution in [0.25, 0.3) is 0 Å². The number of hydrogen-bond acceptors (Lipinski definition) is 2. The molecule has 0 spiro atoms. The van der Waals surface area contributed by atoms with Gasteiger partial charge in [-0.3, -0.25) is 9.59 Å². The molecule has 2 aromatic rings. The minimum atomic E-state index is -4.95. The fourth-order valence-corrected chi connectivity index (χ4v) is 2.44. The topological polar surface area (TPSA) is 58.2 Å². The Labute approximate surface area is 149 Å². The number of halogens is 3. The van der Waals surface area contributed by atoms with Gasteiger partial charge in [0.25, 0.3) is 0 Å². The van der Waals surface area contributed by atoms with Crippen molar-refractivity contribution in [1.29, 1.82) is 0 Å². The first kappa shape index (κ1) is 19.5. The number of carbonyl (C=O) groups is 2. The van der Waals surface area contributed by atoms with Crippen molar-refractivity contribution in [2.45, 2.75) is 31.9 Å². The Balaban J connectivity index is 1.96. The summed E-state index contributed by atoms with van der Waals surface area (Å²) in [5.74, 6) is -2.26. The molecule has 0 saturated carbocycles. The van der Waals surface area contributed by atoms with Crippen LogP contribution in [0.4, 0.5) is 24.5 Å². The normalized spacial score (nSPS) is 11.7. The molecule has 0 atom stereocenters. The lowest BCUT2D eigenvalue weighted by Crippen LogP contribution is -2.29. The highest BCUT2D eigenvalue weighted by Crippen LogP contribution is 2.27. The van der Waals surface area contributed by atoms with Gasteiger partial charge in [-0.2, -0.15) is 13.2 Å². The van der Waals surface area contributed by atoms with Gasteiger partial charge in [-0.25, -0.2) is 0 Å². The minimum absolute atomic E-state index is 0.00469. The number of nitrogens with one attached hydrogen (secondary N) is 2. The monoisotopic (exact) mass is 364 g/mol. The molecule has 0 fully saturated rings.